The molecule has 21 heavy (non-hydrogen) atoms. The van der Waals surface area contributed by atoms with Gasteiger partial charge in [-0.1, -0.05) is 0 Å². The van der Waals surface area contributed by atoms with Gasteiger partial charge >= 0.3 is 0 Å². The molecule has 6 heteroatoms. The van der Waals surface area contributed by atoms with Crippen LogP contribution in [-0.2, 0) is 0 Å². The van der Waals surface area contributed by atoms with E-state index in [0.29, 0.717) is 0 Å². The molecule has 6 nitrogen and oxygen atoms in total. The van der Waals surface area contributed by atoms with Crippen LogP contribution in [0.1, 0.15) is 0 Å². The van der Waals surface area contributed by atoms with Crippen LogP contribution in [0.25, 0.3) is 11.0 Å². The quantitative estimate of drug-likeness (QED) is 0.893. The molecule has 1 saturated heterocycles. The SMILES string of the molecule is COc1cnc2nccc(N3CCN(CCN)CC3)c2c1. The van der Waals surface area contributed by atoms with Crippen molar-refractivity contribution in [1.82, 2.24) is 14.9 Å². The molecule has 112 valence electrons. The lowest BCUT2D eigenvalue weighted by Crippen LogP contribution is -2.47. The van der Waals surface area contributed by atoms with Crippen LogP contribution in [0.15, 0.2) is 24.5 Å². The monoisotopic (exact) mass is 287 g/mol. The number of methoxy groups -OCH3 is 1. The van der Waals surface area contributed by atoms with Crippen LogP contribution >= 0.6 is 0 Å². The van der Waals surface area contributed by atoms with Gasteiger partial charge < -0.3 is 15.4 Å². The molecule has 2 aromatic heterocycles. The summed E-state index contributed by atoms with van der Waals surface area (Å²) in [5.74, 6) is 0.763. The van der Waals surface area contributed by atoms with Crippen LogP contribution in [0.2, 0.25) is 0 Å². The maximum atomic E-state index is 5.63. The molecular weight excluding hydrogens is 266 g/mol. The maximum Gasteiger partial charge on any atom is 0.161 e. The van der Waals surface area contributed by atoms with E-state index in [-0.39, 0.29) is 0 Å². The van der Waals surface area contributed by atoms with Crippen LogP contribution in [-0.4, -0.2) is 61.2 Å². The molecule has 2 aromatic rings. The van der Waals surface area contributed by atoms with E-state index in [1.807, 2.05) is 12.3 Å². The molecule has 1 aliphatic rings. The Bertz CT molecular complexity index is 610. The van der Waals surface area contributed by atoms with E-state index in [0.717, 1.165) is 56.1 Å². The Morgan fingerprint density at radius 3 is 2.76 bits per heavy atom. The Balaban J connectivity index is 1.87. The molecule has 1 fully saturated rings. The molecule has 0 atom stereocenters. The molecule has 0 unspecified atom stereocenters. The number of hydrogen-bond donors (Lipinski definition) is 1. The summed E-state index contributed by atoms with van der Waals surface area (Å²) in [6.45, 7) is 5.77. The normalized spacial score (nSPS) is 16.4. The van der Waals surface area contributed by atoms with Crippen molar-refractivity contribution in [3.05, 3.63) is 24.5 Å². The fourth-order valence-electron chi connectivity index (χ4n) is 2.78. The summed E-state index contributed by atoms with van der Waals surface area (Å²) >= 11 is 0. The molecule has 3 rings (SSSR count). The molecule has 0 bridgehead atoms. The second-order valence-electron chi connectivity index (χ2n) is 5.19. The predicted octanol–water partition coefficient (Wildman–Crippen LogP) is 0.719. The Morgan fingerprint density at radius 2 is 2.05 bits per heavy atom. The highest BCUT2D eigenvalue weighted by Gasteiger charge is 2.18. The predicted molar refractivity (Wildman–Crippen MR) is 83.8 cm³/mol. The third kappa shape index (κ3) is 2.91. The smallest absolute Gasteiger partial charge is 0.161 e. The van der Waals surface area contributed by atoms with Gasteiger partial charge in [0, 0.05) is 56.5 Å². The van der Waals surface area contributed by atoms with Gasteiger partial charge in [-0.05, 0) is 12.1 Å². The summed E-state index contributed by atoms with van der Waals surface area (Å²) in [7, 11) is 1.66. The number of piperazine rings is 1. The standard InChI is InChI=1S/C15H21N5O/c1-21-12-10-13-14(2-4-17-15(13)18-11-12)20-8-6-19(5-3-16)7-9-20/h2,4,10-11H,3,5-9,16H2,1H3. The number of nitrogens with two attached hydrogens (primary N) is 1. The Hall–Kier alpha value is -1.92. The molecule has 0 aromatic carbocycles. The zero-order chi connectivity index (χ0) is 14.7. The molecule has 2 N–H and O–H groups in total. The van der Waals surface area contributed by atoms with Crippen LogP contribution in [0.3, 0.4) is 0 Å². The number of rotatable bonds is 4. The second-order valence-corrected chi connectivity index (χ2v) is 5.19. The molecular formula is C15H21N5O. The second kappa shape index (κ2) is 6.24. The Labute approximate surface area is 124 Å². The van der Waals surface area contributed by atoms with Gasteiger partial charge in [0.15, 0.2) is 5.65 Å². The highest BCUT2D eigenvalue weighted by molar-refractivity contribution is 5.90. The molecule has 0 amide bonds. The summed E-state index contributed by atoms with van der Waals surface area (Å²) < 4.78 is 5.28. The van der Waals surface area contributed by atoms with Gasteiger partial charge in [-0.3, -0.25) is 4.90 Å². The van der Waals surface area contributed by atoms with Crippen molar-refractivity contribution in [3.63, 3.8) is 0 Å². The van der Waals surface area contributed by atoms with Crippen LogP contribution < -0.4 is 15.4 Å². The van der Waals surface area contributed by atoms with E-state index in [4.69, 9.17) is 10.5 Å². The van der Waals surface area contributed by atoms with Crippen LogP contribution in [0.5, 0.6) is 5.75 Å². The zero-order valence-electron chi connectivity index (χ0n) is 12.3. The number of pyridine rings is 2. The number of ether oxygens (including phenoxy) is 1. The van der Waals surface area contributed by atoms with Crippen molar-refractivity contribution in [2.45, 2.75) is 0 Å². The molecule has 1 aliphatic heterocycles. The first kappa shape index (κ1) is 14.0. The minimum absolute atomic E-state index is 0.722. The van der Waals surface area contributed by atoms with Gasteiger partial charge in [-0.25, -0.2) is 9.97 Å². The van der Waals surface area contributed by atoms with Gasteiger partial charge in [0.1, 0.15) is 5.75 Å². The van der Waals surface area contributed by atoms with Gasteiger partial charge in [0.05, 0.1) is 13.3 Å². The first-order valence-electron chi connectivity index (χ1n) is 7.28. The number of fused-ring (bicyclic) bond motifs is 1. The van der Waals surface area contributed by atoms with Crippen molar-refractivity contribution in [2.75, 3.05) is 51.3 Å². The summed E-state index contributed by atoms with van der Waals surface area (Å²) in [5.41, 5.74) is 7.57. The lowest BCUT2D eigenvalue weighted by molar-refractivity contribution is 0.265. The summed E-state index contributed by atoms with van der Waals surface area (Å²) in [4.78, 5) is 13.5. The van der Waals surface area contributed by atoms with Gasteiger partial charge in [-0.2, -0.15) is 0 Å². The average Bonchev–Trinajstić information content (AvgIpc) is 2.55. The first-order chi connectivity index (χ1) is 10.3. The number of aromatic nitrogens is 2. The molecule has 0 aliphatic carbocycles. The van der Waals surface area contributed by atoms with Crippen molar-refractivity contribution in [3.8, 4) is 5.75 Å². The number of hydrogen-bond acceptors (Lipinski definition) is 6. The van der Waals surface area contributed by atoms with E-state index in [9.17, 15) is 0 Å². The van der Waals surface area contributed by atoms with E-state index in [1.165, 1.54) is 5.69 Å². The van der Waals surface area contributed by atoms with Crippen LogP contribution in [0.4, 0.5) is 5.69 Å². The fourth-order valence-corrected chi connectivity index (χ4v) is 2.78. The lowest BCUT2D eigenvalue weighted by atomic mass is 10.2. The zero-order valence-corrected chi connectivity index (χ0v) is 12.3. The molecule has 3 heterocycles. The maximum absolute atomic E-state index is 5.63. The average molecular weight is 287 g/mol. The number of nitrogens with zero attached hydrogens (tertiary/aromatic N) is 4. The van der Waals surface area contributed by atoms with Crippen molar-refractivity contribution in [1.29, 1.82) is 0 Å². The highest BCUT2D eigenvalue weighted by atomic mass is 16.5. The Kier molecular flexibility index (Phi) is 4.17. The minimum Gasteiger partial charge on any atom is -0.495 e. The highest BCUT2D eigenvalue weighted by Crippen LogP contribution is 2.27. The van der Waals surface area contributed by atoms with Crippen LogP contribution in [0, 0.1) is 0 Å². The third-order valence-corrected chi connectivity index (χ3v) is 3.94. The lowest BCUT2D eigenvalue weighted by Gasteiger charge is -2.36. The van der Waals surface area contributed by atoms with E-state index >= 15 is 0 Å². The minimum atomic E-state index is 0.722. The topological polar surface area (TPSA) is 67.5 Å². The molecule has 0 radical (unpaired) electrons. The van der Waals surface area contributed by atoms with Crippen molar-refractivity contribution >= 4 is 16.7 Å². The third-order valence-electron chi connectivity index (χ3n) is 3.94. The first-order valence-corrected chi connectivity index (χ1v) is 7.28. The van der Waals surface area contributed by atoms with E-state index in [2.05, 4.69) is 25.8 Å². The van der Waals surface area contributed by atoms with E-state index < -0.39 is 0 Å². The van der Waals surface area contributed by atoms with E-state index in [1.54, 1.807) is 13.3 Å². The Morgan fingerprint density at radius 1 is 1.24 bits per heavy atom. The summed E-state index contributed by atoms with van der Waals surface area (Å²) in [5, 5.41) is 1.05. The summed E-state index contributed by atoms with van der Waals surface area (Å²) in [6, 6.07) is 4.07. The van der Waals surface area contributed by atoms with Crippen molar-refractivity contribution in [2.24, 2.45) is 5.73 Å². The molecule has 0 spiro atoms. The molecule has 0 saturated carbocycles. The number of anilines is 1. The largest absolute Gasteiger partial charge is 0.495 e. The summed E-state index contributed by atoms with van der Waals surface area (Å²) in [6.07, 6.45) is 3.53. The van der Waals surface area contributed by atoms with Gasteiger partial charge in [0.2, 0.25) is 0 Å². The fraction of sp³-hybridized carbons (Fsp3) is 0.467. The van der Waals surface area contributed by atoms with Crippen molar-refractivity contribution < 1.29 is 4.74 Å². The van der Waals surface area contributed by atoms with Gasteiger partial charge in [-0.15, -0.1) is 0 Å². The van der Waals surface area contributed by atoms with Gasteiger partial charge in [0.25, 0.3) is 0 Å².